The van der Waals surface area contributed by atoms with Gasteiger partial charge in [-0.05, 0) is 42.5 Å². The van der Waals surface area contributed by atoms with Crippen LogP contribution in [0, 0.1) is 5.82 Å². The fourth-order valence-electron chi connectivity index (χ4n) is 3.08. The summed E-state index contributed by atoms with van der Waals surface area (Å²) in [5.74, 6) is -0.821. The molecule has 4 rings (SSSR count). The van der Waals surface area contributed by atoms with Gasteiger partial charge < -0.3 is 4.90 Å². The van der Waals surface area contributed by atoms with E-state index in [4.69, 9.17) is 0 Å². The van der Waals surface area contributed by atoms with Crippen LogP contribution < -0.4 is 4.90 Å². The molecule has 0 unspecified atom stereocenters. The highest BCUT2D eigenvalue weighted by atomic mass is 19.4. The molecular formula is C21H14F4N4O. The summed E-state index contributed by atoms with van der Waals surface area (Å²) in [6.45, 7) is 0. The number of carbonyl (C=O) groups excluding carboxylic acids is 1. The second kappa shape index (κ2) is 7.25. The maximum atomic E-state index is 13.3. The fourth-order valence-corrected chi connectivity index (χ4v) is 3.08. The molecule has 0 spiro atoms. The summed E-state index contributed by atoms with van der Waals surface area (Å²) >= 11 is 0. The van der Waals surface area contributed by atoms with Gasteiger partial charge in [-0.3, -0.25) is 9.20 Å². The molecule has 0 aliphatic carbocycles. The predicted molar refractivity (Wildman–Crippen MR) is 103 cm³/mol. The minimum Gasteiger partial charge on any atom is -0.310 e. The number of imidazole rings is 1. The van der Waals surface area contributed by atoms with Crippen molar-refractivity contribution in [2.75, 3.05) is 11.9 Å². The maximum absolute atomic E-state index is 13.3. The first-order valence-electron chi connectivity index (χ1n) is 8.80. The summed E-state index contributed by atoms with van der Waals surface area (Å²) in [4.78, 5) is 23.0. The zero-order valence-electron chi connectivity index (χ0n) is 15.6. The van der Waals surface area contributed by atoms with Gasteiger partial charge in [0.15, 0.2) is 0 Å². The summed E-state index contributed by atoms with van der Waals surface area (Å²) in [6, 6.07) is 11.5. The largest absolute Gasteiger partial charge is 0.416 e. The SMILES string of the molecule is CN(C(=O)c1c(-c2cccc(C(F)(F)F)c2)nc2ncccn12)c1ccc(F)cc1. The molecule has 5 nitrogen and oxygen atoms in total. The number of nitrogens with zero attached hydrogens (tertiary/aromatic N) is 4. The molecule has 0 bridgehead atoms. The van der Waals surface area contributed by atoms with Crippen LogP contribution in [0.5, 0.6) is 0 Å². The number of carbonyl (C=O) groups is 1. The van der Waals surface area contributed by atoms with Crippen LogP contribution in [0.15, 0.2) is 67.0 Å². The number of amides is 1. The van der Waals surface area contributed by atoms with Crippen LogP contribution in [-0.2, 0) is 6.18 Å². The lowest BCUT2D eigenvalue weighted by Crippen LogP contribution is -2.28. The van der Waals surface area contributed by atoms with E-state index in [0.717, 1.165) is 12.1 Å². The molecule has 0 saturated heterocycles. The minimum absolute atomic E-state index is 0.0456. The third kappa shape index (κ3) is 3.49. The first-order chi connectivity index (χ1) is 14.3. The molecule has 0 radical (unpaired) electrons. The average molecular weight is 414 g/mol. The molecule has 1 amide bonds. The Balaban J connectivity index is 1.87. The van der Waals surface area contributed by atoms with Crippen molar-refractivity contribution in [1.29, 1.82) is 0 Å². The number of alkyl halides is 3. The number of rotatable bonds is 3. The van der Waals surface area contributed by atoms with Gasteiger partial charge in [0.05, 0.1) is 5.56 Å². The molecule has 0 N–H and O–H groups in total. The standard InChI is InChI=1S/C21H14F4N4O/c1-28(16-8-6-15(22)7-9-16)19(30)18-17(27-20-26-10-3-11-29(18)20)13-4-2-5-14(12-13)21(23,24)25/h2-12H,1H3. The van der Waals surface area contributed by atoms with Crippen LogP contribution in [0.1, 0.15) is 16.1 Å². The number of aromatic nitrogens is 3. The Bertz CT molecular complexity index is 1230. The summed E-state index contributed by atoms with van der Waals surface area (Å²) in [7, 11) is 1.49. The molecule has 30 heavy (non-hydrogen) atoms. The van der Waals surface area contributed by atoms with Crippen LogP contribution in [0.2, 0.25) is 0 Å². The number of hydrogen-bond donors (Lipinski definition) is 0. The van der Waals surface area contributed by atoms with Gasteiger partial charge in [0.2, 0.25) is 5.78 Å². The Morgan fingerprint density at radius 3 is 2.50 bits per heavy atom. The first-order valence-corrected chi connectivity index (χ1v) is 8.80. The van der Waals surface area contributed by atoms with Crippen molar-refractivity contribution in [3.05, 3.63) is 84.1 Å². The van der Waals surface area contributed by atoms with Gasteiger partial charge in [0.1, 0.15) is 17.2 Å². The zero-order valence-corrected chi connectivity index (χ0v) is 15.6. The Labute approximate surface area is 168 Å². The zero-order chi connectivity index (χ0) is 21.5. The molecule has 0 saturated carbocycles. The molecule has 2 aromatic heterocycles. The molecule has 0 atom stereocenters. The van der Waals surface area contributed by atoms with Gasteiger partial charge in [-0.25, -0.2) is 14.4 Å². The molecule has 4 aromatic rings. The second-order valence-corrected chi connectivity index (χ2v) is 6.52. The number of benzene rings is 2. The highest BCUT2D eigenvalue weighted by Crippen LogP contribution is 2.33. The molecule has 0 aliphatic rings. The van der Waals surface area contributed by atoms with Gasteiger partial charge in [0, 0.05) is 30.7 Å². The van der Waals surface area contributed by atoms with Crippen molar-refractivity contribution in [2.24, 2.45) is 0 Å². The van der Waals surface area contributed by atoms with E-state index < -0.39 is 23.5 Å². The number of fused-ring (bicyclic) bond motifs is 1. The first kappa shape index (κ1) is 19.6. The lowest BCUT2D eigenvalue weighted by atomic mass is 10.1. The van der Waals surface area contributed by atoms with Crippen molar-refractivity contribution < 1.29 is 22.4 Å². The van der Waals surface area contributed by atoms with Crippen molar-refractivity contribution >= 4 is 17.4 Å². The van der Waals surface area contributed by atoms with E-state index in [1.165, 1.54) is 58.9 Å². The number of halogens is 4. The van der Waals surface area contributed by atoms with Gasteiger partial charge in [-0.15, -0.1) is 0 Å². The minimum atomic E-state index is -4.54. The predicted octanol–water partition coefficient (Wildman–Crippen LogP) is 4.83. The normalized spacial score (nSPS) is 11.6. The number of anilines is 1. The van der Waals surface area contributed by atoms with Gasteiger partial charge in [-0.2, -0.15) is 13.2 Å². The lowest BCUT2D eigenvalue weighted by molar-refractivity contribution is -0.137. The quantitative estimate of drug-likeness (QED) is 0.451. The van der Waals surface area contributed by atoms with Crippen molar-refractivity contribution in [3.63, 3.8) is 0 Å². The van der Waals surface area contributed by atoms with Crippen LogP contribution in [-0.4, -0.2) is 27.3 Å². The molecule has 9 heteroatoms. The van der Waals surface area contributed by atoms with E-state index in [1.54, 1.807) is 12.3 Å². The Morgan fingerprint density at radius 1 is 1.07 bits per heavy atom. The van der Waals surface area contributed by atoms with Crippen LogP contribution >= 0.6 is 0 Å². The molecule has 2 aromatic carbocycles. The van der Waals surface area contributed by atoms with Crippen LogP contribution in [0.25, 0.3) is 17.0 Å². The summed E-state index contributed by atoms with van der Waals surface area (Å²) in [5, 5.41) is 0. The van der Waals surface area contributed by atoms with Gasteiger partial charge in [0.25, 0.3) is 5.91 Å². The highest BCUT2D eigenvalue weighted by Gasteiger charge is 2.32. The molecule has 152 valence electrons. The van der Waals surface area contributed by atoms with E-state index in [1.807, 2.05) is 0 Å². The summed E-state index contributed by atoms with van der Waals surface area (Å²) in [6.07, 6.45) is -1.52. The Morgan fingerprint density at radius 2 is 1.80 bits per heavy atom. The van der Waals surface area contributed by atoms with E-state index in [9.17, 15) is 22.4 Å². The monoisotopic (exact) mass is 414 g/mol. The van der Waals surface area contributed by atoms with Gasteiger partial charge >= 0.3 is 6.18 Å². The topological polar surface area (TPSA) is 50.5 Å². The van der Waals surface area contributed by atoms with Crippen molar-refractivity contribution in [3.8, 4) is 11.3 Å². The fraction of sp³-hybridized carbons (Fsp3) is 0.0952. The summed E-state index contributed by atoms with van der Waals surface area (Å²) < 4.78 is 54.2. The third-order valence-corrected chi connectivity index (χ3v) is 4.59. The average Bonchev–Trinajstić information content (AvgIpc) is 3.12. The Kier molecular flexibility index (Phi) is 4.73. The number of hydrogen-bond acceptors (Lipinski definition) is 3. The molecular weight excluding hydrogens is 400 g/mol. The van der Waals surface area contributed by atoms with Crippen molar-refractivity contribution in [2.45, 2.75) is 6.18 Å². The maximum Gasteiger partial charge on any atom is 0.416 e. The Hall–Kier alpha value is -3.75. The van der Waals surface area contributed by atoms with Crippen LogP contribution in [0.3, 0.4) is 0 Å². The molecule has 2 heterocycles. The van der Waals surface area contributed by atoms with E-state index >= 15 is 0 Å². The molecule has 0 fully saturated rings. The lowest BCUT2D eigenvalue weighted by Gasteiger charge is -2.18. The highest BCUT2D eigenvalue weighted by molar-refractivity contribution is 6.08. The van der Waals surface area contributed by atoms with Crippen LogP contribution in [0.4, 0.5) is 23.2 Å². The van der Waals surface area contributed by atoms with Gasteiger partial charge in [-0.1, -0.05) is 12.1 Å². The second-order valence-electron chi connectivity index (χ2n) is 6.52. The van der Waals surface area contributed by atoms with E-state index in [0.29, 0.717) is 5.69 Å². The molecule has 0 aliphatic heterocycles. The van der Waals surface area contributed by atoms with Crippen molar-refractivity contribution in [1.82, 2.24) is 14.4 Å². The smallest absolute Gasteiger partial charge is 0.310 e. The van der Waals surface area contributed by atoms with E-state index in [2.05, 4.69) is 9.97 Å². The van der Waals surface area contributed by atoms with E-state index in [-0.39, 0.29) is 22.7 Å². The third-order valence-electron chi connectivity index (χ3n) is 4.59. The summed E-state index contributed by atoms with van der Waals surface area (Å²) in [5.41, 5.74) is -0.195.